The zero-order chi connectivity index (χ0) is 12.3. The molecule has 1 aliphatic heterocycles. The standard InChI is InChI=1S/C14H20N2O/c1-11-6-5-7-12(2)16(11)15-10-13-8-3-4-9-14(13)17/h3-4,8-12,17H,5-7H2,1-2H3. The van der Waals surface area contributed by atoms with Crippen LogP contribution in [0.5, 0.6) is 5.75 Å². The van der Waals surface area contributed by atoms with Gasteiger partial charge in [0.1, 0.15) is 5.75 Å². The van der Waals surface area contributed by atoms with Gasteiger partial charge in [0.15, 0.2) is 0 Å². The van der Waals surface area contributed by atoms with Crippen molar-refractivity contribution in [3.63, 3.8) is 0 Å². The third-order valence-electron chi connectivity index (χ3n) is 3.41. The lowest BCUT2D eigenvalue weighted by Gasteiger charge is -2.36. The second-order valence-electron chi connectivity index (χ2n) is 4.81. The molecule has 1 aliphatic rings. The summed E-state index contributed by atoms with van der Waals surface area (Å²) in [6.45, 7) is 4.41. The van der Waals surface area contributed by atoms with Gasteiger partial charge in [0, 0.05) is 17.6 Å². The largest absolute Gasteiger partial charge is 0.507 e. The lowest BCUT2D eigenvalue weighted by atomic mass is 10.00. The van der Waals surface area contributed by atoms with Crippen molar-refractivity contribution in [1.82, 2.24) is 5.01 Å². The number of hydrazone groups is 1. The lowest BCUT2D eigenvalue weighted by molar-refractivity contribution is 0.109. The highest BCUT2D eigenvalue weighted by Crippen LogP contribution is 2.23. The molecule has 1 heterocycles. The van der Waals surface area contributed by atoms with E-state index in [0.29, 0.717) is 12.1 Å². The van der Waals surface area contributed by atoms with Crippen molar-refractivity contribution >= 4 is 6.21 Å². The molecule has 0 aliphatic carbocycles. The monoisotopic (exact) mass is 232 g/mol. The van der Waals surface area contributed by atoms with Gasteiger partial charge in [-0.3, -0.25) is 5.01 Å². The number of rotatable bonds is 2. The first-order chi connectivity index (χ1) is 8.18. The molecular weight excluding hydrogens is 212 g/mol. The zero-order valence-electron chi connectivity index (χ0n) is 10.5. The maximum Gasteiger partial charge on any atom is 0.124 e. The fraction of sp³-hybridized carbons (Fsp3) is 0.500. The molecule has 1 aromatic rings. The average Bonchev–Trinajstić information content (AvgIpc) is 2.30. The Morgan fingerprint density at radius 2 is 1.88 bits per heavy atom. The van der Waals surface area contributed by atoms with Crippen molar-refractivity contribution in [1.29, 1.82) is 0 Å². The number of para-hydroxylation sites is 1. The van der Waals surface area contributed by atoms with E-state index in [-0.39, 0.29) is 5.75 Å². The molecule has 0 saturated carbocycles. The van der Waals surface area contributed by atoms with E-state index >= 15 is 0 Å². The highest BCUT2D eigenvalue weighted by atomic mass is 16.3. The summed E-state index contributed by atoms with van der Waals surface area (Å²) in [6, 6.07) is 8.26. The smallest absolute Gasteiger partial charge is 0.124 e. The summed E-state index contributed by atoms with van der Waals surface area (Å²) in [5.41, 5.74) is 0.775. The van der Waals surface area contributed by atoms with Gasteiger partial charge in [-0.1, -0.05) is 12.1 Å². The number of aromatic hydroxyl groups is 1. The Morgan fingerprint density at radius 1 is 1.24 bits per heavy atom. The number of hydrogen-bond acceptors (Lipinski definition) is 3. The first-order valence-electron chi connectivity index (χ1n) is 6.29. The number of phenols is 1. The van der Waals surface area contributed by atoms with Gasteiger partial charge < -0.3 is 5.11 Å². The number of benzene rings is 1. The molecule has 0 bridgehead atoms. The molecule has 2 atom stereocenters. The normalized spacial score (nSPS) is 25.4. The van der Waals surface area contributed by atoms with Crippen LogP contribution in [0.15, 0.2) is 29.4 Å². The van der Waals surface area contributed by atoms with E-state index in [1.165, 1.54) is 19.3 Å². The van der Waals surface area contributed by atoms with Crippen molar-refractivity contribution in [3.05, 3.63) is 29.8 Å². The Kier molecular flexibility index (Phi) is 3.67. The summed E-state index contributed by atoms with van der Waals surface area (Å²) in [5.74, 6) is 0.286. The molecular formula is C14H20N2O. The molecule has 0 spiro atoms. The molecule has 0 radical (unpaired) electrons. The molecule has 3 heteroatoms. The second kappa shape index (κ2) is 5.21. The zero-order valence-corrected chi connectivity index (χ0v) is 10.5. The quantitative estimate of drug-likeness (QED) is 0.796. The molecule has 92 valence electrons. The molecule has 1 N–H and O–H groups in total. The Bertz CT molecular complexity index is 393. The maximum atomic E-state index is 9.66. The predicted molar refractivity (Wildman–Crippen MR) is 70.3 cm³/mol. The fourth-order valence-electron chi connectivity index (χ4n) is 2.36. The van der Waals surface area contributed by atoms with Gasteiger partial charge in [-0.05, 0) is 45.2 Å². The molecule has 0 amide bonds. The van der Waals surface area contributed by atoms with Crippen LogP contribution < -0.4 is 0 Å². The minimum Gasteiger partial charge on any atom is -0.507 e. The molecule has 1 aromatic carbocycles. The van der Waals surface area contributed by atoms with Gasteiger partial charge in [-0.2, -0.15) is 5.10 Å². The van der Waals surface area contributed by atoms with Gasteiger partial charge in [0.25, 0.3) is 0 Å². The Labute approximate surface area is 103 Å². The average molecular weight is 232 g/mol. The number of phenolic OH excluding ortho intramolecular Hbond substituents is 1. The lowest BCUT2D eigenvalue weighted by Crippen LogP contribution is -2.39. The van der Waals surface area contributed by atoms with Crippen LogP contribution in [-0.4, -0.2) is 28.4 Å². The molecule has 3 nitrogen and oxygen atoms in total. The topological polar surface area (TPSA) is 35.8 Å². The van der Waals surface area contributed by atoms with E-state index in [0.717, 1.165) is 5.56 Å². The van der Waals surface area contributed by atoms with Crippen LogP contribution >= 0.6 is 0 Å². The molecule has 2 unspecified atom stereocenters. The predicted octanol–water partition coefficient (Wildman–Crippen LogP) is 2.99. The van der Waals surface area contributed by atoms with Crippen LogP contribution in [0.3, 0.4) is 0 Å². The third kappa shape index (κ3) is 2.78. The van der Waals surface area contributed by atoms with Gasteiger partial charge in [-0.25, -0.2) is 0 Å². The number of piperidine rings is 1. The summed E-state index contributed by atoms with van der Waals surface area (Å²) in [4.78, 5) is 0. The van der Waals surface area contributed by atoms with Gasteiger partial charge in [0.05, 0.1) is 6.21 Å². The highest BCUT2D eigenvalue weighted by Gasteiger charge is 2.22. The molecule has 1 fully saturated rings. The van der Waals surface area contributed by atoms with E-state index < -0.39 is 0 Å². The van der Waals surface area contributed by atoms with E-state index in [2.05, 4.69) is 24.0 Å². The maximum absolute atomic E-state index is 9.66. The third-order valence-corrected chi connectivity index (χ3v) is 3.41. The van der Waals surface area contributed by atoms with Crippen molar-refractivity contribution in [2.24, 2.45) is 5.10 Å². The summed E-state index contributed by atoms with van der Waals surface area (Å²) >= 11 is 0. The minimum atomic E-state index is 0.286. The number of hydrogen-bond donors (Lipinski definition) is 1. The van der Waals surface area contributed by atoms with Crippen molar-refractivity contribution in [2.45, 2.75) is 45.2 Å². The van der Waals surface area contributed by atoms with Crippen LogP contribution in [0.2, 0.25) is 0 Å². The SMILES string of the molecule is CC1CCCC(C)N1N=Cc1ccccc1O. The number of nitrogens with zero attached hydrogens (tertiary/aromatic N) is 2. The summed E-state index contributed by atoms with van der Waals surface area (Å²) < 4.78 is 0. The Morgan fingerprint density at radius 3 is 2.53 bits per heavy atom. The van der Waals surface area contributed by atoms with Gasteiger partial charge >= 0.3 is 0 Å². The molecule has 1 saturated heterocycles. The van der Waals surface area contributed by atoms with Gasteiger partial charge in [0.2, 0.25) is 0 Å². The second-order valence-corrected chi connectivity index (χ2v) is 4.81. The van der Waals surface area contributed by atoms with Crippen molar-refractivity contribution in [2.75, 3.05) is 0 Å². The summed E-state index contributed by atoms with van der Waals surface area (Å²) in [6.07, 6.45) is 5.43. The van der Waals surface area contributed by atoms with Crippen LogP contribution in [0, 0.1) is 0 Å². The Balaban J connectivity index is 2.11. The van der Waals surface area contributed by atoms with Crippen LogP contribution in [0.4, 0.5) is 0 Å². The van der Waals surface area contributed by atoms with E-state index in [1.807, 2.05) is 18.2 Å². The van der Waals surface area contributed by atoms with Crippen LogP contribution in [0.1, 0.15) is 38.7 Å². The molecule has 17 heavy (non-hydrogen) atoms. The highest BCUT2D eigenvalue weighted by molar-refractivity contribution is 5.82. The molecule has 0 aromatic heterocycles. The van der Waals surface area contributed by atoms with Crippen LogP contribution in [-0.2, 0) is 0 Å². The fourth-order valence-corrected chi connectivity index (χ4v) is 2.36. The first-order valence-corrected chi connectivity index (χ1v) is 6.29. The van der Waals surface area contributed by atoms with E-state index in [1.54, 1.807) is 12.3 Å². The summed E-state index contributed by atoms with van der Waals surface area (Å²) in [5, 5.41) is 16.3. The Hall–Kier alpha value is -1.51. The van der Waals surface area contributed by atoms with Crippen molar-refractivity contribution in [3.8, 4) is 5.75 Å². The first kappa shape index (κ1) is 12.0. The van der Waals surface area contributed by atoms with Gasteiger partial charge in [-0.15, -0.1) is 0 Å². The minimum absolute atomic E-state index is 0.286. The summed E-state index contributed by atoms with van der Waals surface area (Å²) in [7, 11) is 0. The van der Waals surface area contributed by atoms with E-state index in [9.17, 15) is 5.11 Å². The van der Waals surface area contributed by atoms with E-state index in [4.69, 9.17) is 0 Å². The van der Waals surface area contributed by atoms with Crippen LogP contribution in [0.25, 0.3) is 0 Å². The molecule has 2 rings (SSSR count). The van der Waals surface area contributed by atoms with Crippen molar-refractivity contribution < 1.29 is 5.11 Å².